The van der Waals surface area contributed by atoms with Crippen LogP contribution in [0, 0.1) is 0 Å². The fourth-order valence-corrected chi connectivity index (χ4v) is 4.03. The first-order valence-electron chi connectivity index (χ1n) is 8.54. The average molecular weight is 432 g/mol. The van der Waals surface area contributed by atoms with Crippen molar-refractivity contribution in [2.45, 2.75) is 20.0 Å². The van der Waals surface area contributed by atoms with Gasteiger partial charge in [0.2, 0.25) is 4.96 Å². The van der Waals surface area contributed by atoms with Crippen molar-refractivity contribution >= 4 is 45.6 Å². The van der Waals surface area contributed by atoms with Crippen molar-refractivity contribution in [1.29, 1.82) is 0 Å². The number of halogens is 2. The Kier molecular flexibility index (Phi) is 5.10. The second-order valence-electron chi connectivity index (χ2n) is 6.40. The van der Waals surface area contributed by atoms with Gasteiger partial charge in [0.25, 0.3) is 5.56 Å². The molecule has 2 heterocycles. The summed E-state index contributed by atoms with van der Waals surface area (Å²) in [4.78, 5) is 17.7. The molecule has 2 aromatic heterocycles. The zero-order valence-corrected chi connectivity index (χ0v) is 17.3. The molecular weight excluding hydrogens is 417 g/mol. The summed E-state index contributed by atoms with van der Waals surface area (Å²) in [5.41, 5.74) is 1.30. The van der Waals surface area contributed by atoms with Crippen molar-refractivity contribution in [2.75, 3.05) is 0 Å². The Morgan fingerprint density at radius 1 is 1.14 bits per heavy atom. The second-order valence-corrected chi connectivity index (χ2v) is 8.26. The lowest BCUT2D eigenvalue weighted by molar-refractivity contribution is 0.242. The highest BCUT2D eigenvalue weighted by Crippen LogP contribution is 2.23. The van der Waals surface area contributed by atoms with E-state index < -0.39 is 0 Å². The van der Waals surface area contributed by atoms with Crippen LogP contribution in [0.5, 0.6) is 5.75 Å². The molecule has 0 saturated heterocycles. The summed E-state index contributed by atoms with van der Waals surface area (Å²) in [6.07, 6.45) is 1.83. The normalized spacial score (nSPS) is 12.2. The van der Waals surface area contributed by atoms with E-state index in [2.05, 4.69) is 10.1 Å². The van der Waals surface area contributed by atoms with E-state index in [4.69, 9.17) is 27.9 Å². The molecule has 0 amide bonds. The Labute approximate surface area is 174 Å². The molecule has 0 fully saturated rings. The molecule has 4 aromatic rings. The van der Waals surface area contributed by atoms with E-state index in [-0.39, 0.29) is 11.7 Å². The highest BCUT2D eigenvalue weighted by Gasteiger charge is 2.12. The average Bonchev–Trinajstić information content (AvgIpc) is 3.17. The molecule has 0 aliphatic carbocycles. The third-order valence-electron chi connectivity index (χ3n) is 3.92. The number of nitrogens with zero attached hydrogens (tertiary/aromatic N) is 3. The molecule has 5 nitrogen and oxygen atoms in total. The van der Waals surface area contributed by atoms with Crippen molar-refractivity contribution < 1.29 is 4.74 Å². The highest BCUT2D eigenvalue weighted by atomic mass is 35.5. The number of hydrogen-bond acceptors (Lipinski definition) is 5. The highest BCUT2D eigenvalue weighted by molar-refractivity contribution is 7.15. The quantitative estimate of drug-likeness (QED) is 0.478. The molecule has 142 valence electrons. The fraction of sp³-hybridized carbons (Fsp3) is 0.150. The molecule has 0 saturated carbocycles. The summed E-state index contributed by atoms with van der Waals surface area (Å²) in [6.45, 7) is 3.95. The molecule has 0 unspecified atom stereocenters. The number of thiazole rings is 1. The van der Waals surface area contributed by atoms with Crippen LogP contribution < -0.4 is 14.8 Å². The molecule has 0 aliphatic heterocycles. The van der Waals surface area contributed by atoms with Gasteiger partial charge in [0.05, 0.1) is 10.6 Å². The molecular formula is C20H15Cl2N3O2S. The van der Waals surface area contributed by atoms with E-state index in [0.29, 0.717) is 30.9 Å². The Morgan fingerprint density at radius 2 is 1.89 bits per heavy atom. The van der Waals surface area contributed by atoms with Gasteiger partial charge in [-0.1, -0.05) is 40.6 Å². The van der Waals surface area contributed by atoms with E-state index in [9.17, 15) is 4.79 Å². The lowest BCUT2D eigenvalue weighted by Crippen LogP contribution is -2.23. The number of rotatable bonds is 4. The van der Waals surface area contributed by atoms with Crippen molar-refractivity contribution in [3.05, 3.63) is 73.0 Å². The maximum atomic E-state index is 12.7. The summed E-state index contributed by atoms with van der Waals surface area (Å²) in [7, 11) is 0. The van der Waals surface area contributed by atoms with Crippen LogP contribution in [0.3, 0.4) is 0 Å². The van der Waals surface area contributed by atoms with Gasteiger partial charge in [-0.3, -0.25) is 4.79 Å². The molecule has 8 heteroatoms. The number of benzene rings is 2. The lowest BCUT2D eigenvalue weighted by Gasteiger charge is -2.09. The van der Waals surface area contributed by atoms with Crippen LogP contribution in [0.4, 0.5) is 0 Å². The Bertz CT molecular complexity index is 1260. The summed E-state index contributed by atoms with van der Waals surface area (Å²) in [5.74, 6) is 1.27. The number of aromatic nitrogens is 3. The minimum atomic E-state index is -0.232. The molecule has 4 rings (SSSR count). The number of hydrogen-bond donors (Lipinski definition) is 0. The van der Waals surface area contributed by atoms with Gasteiger partial charge in [0.15, 0.2) is 5.82 Å². The molecule has 0 spiro atoms. The largest absolute Gasteiger partial charge is 0.491 e. The van der Waals surface area contributed by atoms with Crippen LogP contribution in [-0.2, 0) is 0 Å². The Morgan fingerprint density at radius 3 is 2.54 bits per heavy atom. The van der Waals surface area contributed by atoms with Crippen LogP contribution in [0.2, 0.25) is 10.0 Å². The minimum Gasteiger partial charge on any atom is -0.491 e. The van der Waals surface area contributed by atoms with Gasteiger partial charge in [0.1, 0.15) is 5.75 Å². The Hall–Kier alpha value is -2.41. The van der Waals surface area contributed by atoms with Gasteiger partial charge in [-0.2, -0.15) is 9.50 Å². The smallest absolute Gasteiger partial charge is 0.291 e. The lowest BCUT2D eigenvalue weighted by atomic mass is 10.2. The molecule has 0 N–H and O–H groups in total. The van der Waals surface area contributed by atoms with Crippen LogP contribution in [0.25, 0.3) is 22.4 Å². The van der Waals surface area contributed by atoms with Crippen molar-refractivity contribution in [3.63, 3.8) is 0 Å². The van der Waals surface area contributed by atoms with Crippen LogP contribution in [0.1, 0.15) is 19.4 Å². The van der Waals surface area contributed by atoms with Crippen molar-refractivity contribution in [1.82, 2.24) is 14.6 Å². The molecule has 0 radical (unpaired) electrons. The van der Waals surface area contributed by atoms with Gasteiger partial charge < -0.3 is 4.74 Å². The third kappa shape index (κ3) is 3.76. The number of ether oxygens (including phenoxy) is 1. The van der Waals surface area contributed by atoms with E-state index in [1.165, 1.54) is 15.9 Å². The van der Waals surface area contributed by atoms with Crippen LogP contribution >= 0.6 is 34.5 Å². The fourth-order valence-electron chi connectivity index (χ4n) is 2.67. The molecule has 28 heavy (non-hydrogen) atoms. The van der Waals surface area contributed by atoms with Crippen LogP contribution in [0.15, 0.2) is 47.3 Å². The van der Waals surface area contributed by atoms with Crippen molar-refractivity contribution in [3.8, 4) is 17.1 Å². The summed E-state index contributed by atoms with van der Waals surface area (Å²) in [6, 6.07) is 12.6. The molecule has 0 atom stereocenters. The topological polar surface area (TPSA) is 56.5 Å². The third-order valence-corrected chi connectivity index (χ3v) is 5.44. The van der Waals surface area contributed by atoms with Gasteiger partial charge in [-0.15, -0.1) is 5.10 Å². The maximum Gasteiger partial charge on any atom is 0.291 e. The first-order chi connectivity index (χ1) is 13.4. The standard InChI is InChI=1S/C20H15Cl2N3O2S/c1-11(2)27-15-7-4-12(5-8-15)18-23-20-25(24-18)19(26)17(28-20)9-13-3-6-14(21)10-16(13)22/h3-11H,1-2H3/b17-9+. The first kappa shape index (κ1) is 18.9. The monoisotopic (exact) mass is 431 g/mol. The molecule has 2 aromatic carbocycles. The van der Waals surface area contributed by atoms with E-state index >= 15 is 0 Å². The van der Waals surface area contributed by atoms with Crippen molar-refractivity contribution in [2.24, 2.45) is 0 Å². The predicted molar refractivity (Wildman–Crippen MR) is 114 cm³/mol. The van der Waals surface area contributed by atoms with Gasteiger partial charge in [-0.25, -0.2) is 0 Å². The maximum absolute atomic E-state index is 12.7. The predicted octanol–water partition coefficient (Wildman–Crippen LogP) is 4.46. The van der Waals surface area contributed by atoms with Crippen LogP contribution in [-0.4, -0.2) is 20.7 Å². The van der Waals surface area contributed by atoms with E-state index in [1.807, 2.05) is 38.1 Å². The Balaban J connectivity index is 1.70. The first-order valence-corrected chi connectivity index (χ1v) is 10.1. The zero-order valence-electron chi connectivity index (χ0n) is 15.0. The summed E-state index contributed by atoms with van der Waals surface area (Å²) in [5, 5.41) is 5.39. The second kappa shape index (κ2) is 7.54. The summed E-state index contributed by atoms with van der Waals surface area (Å²) >= 11 is 13.4. The number of fused-ring (bicyclic) bond motifs is 1. The SMILES string of the molecule is CC(C)Oc1ccc(-c2nc3s/c(=C/c4ccc(Cl)cc4Cl)c(=O)n3n2)cc1. The van der Waals surface area contributed by atoms with Gasteiger partial charge in [-0.05, 0) is 61.9 Å². The summed E-state index contributed by atoms with van der Waals surface area (Å²) < 4.78 is 7.46. The zero-order chi connectivity index (χ0) is 19.8. The minimum absolute atomic E-state index is 0.105. The molecule has 0 bridgehead atoms. The van der Waals surface area contributed by atoms with Gasteiger partial charge >= 0.3 is 0 Å². The van der Waals surface area contributed by atoms with Gasteiger partial charge in [0, 0.05) is 15.6 Å². The van der Waals surface area contributed by atoms with E-state index in [1.54, 1.807) is 24.3 Å². The molecule has 0 aliphatic rings. The van der Waals surface area contributed by atoms with E-state index in [0.717, 1.165) is 11.3 Å².